The normalized spacial score (nSPS) is 16.7. The number of anilines is 2. The van der Waals surface area contributed by atoms with Gasteiger partial charge in [-0.3, -0.25) is 9.59 Å². The average molecular weight is 394 g/mol. The first-order valence-electron chi connectivity index (χ1n) is 10.3. The smallest absolute Gasteiger partial charge is 0.265 e. The quantitative estimate of drug-likeness (QED) is 0.804. The van der Waals surface area contributed by atoms with Gasteiger partial charge in [0.05, 0.1) is 12.2 Å². The Morgan fingerprint density at radius 1 is 1.10 bits per heavy atom. The predicted octanol–water partition coefficient (Wildman–Crippen LogP) is 4.01. The van der Waals surface area contributed by atoms with E-state index >= 15 is 0 Å². The molecule has 1 aliphatic heterocycles. The molecule has 0 aromatic heterocycles. The van der Waals surface area contributed by atoms with Crippen molar-refractivity contribution in [3.63, 3.8) is 0 Å². The summed E-state index contributed by atoms with van der Waals surface area (Å²) in [6, 6.07) is 15.0. The van der Waals surface area contributed by atoms with E-state index in [1.54, 1.807) is 11.0 Å². The van der Waals surface area contributed by atoms with E-state index in [1.807, 2.05) is 42.5 Å². The van der Waals surface area contributed by atoms with Crippen LogP contribution in [0.15, 0.2) is 48.5 Å². The van der Waals surface area contributed by atoms with Crippen LogP contribution in [0.3, 0.4) is 0 Å². The summed E-state index contributed by atoms with van der Waals surface area (Å²) in [4.78, 5) is 26.5. The molecule has 1 heterocycles. The van der Waals surface area contributed by atoms with Gasteiger partial charge in [0.25, 0.3) is 5.91 Å². The minimum absolute atomic E-state index is 0.0155. The zero-order valence-corrected chi connectivity index (χ0v) is 16.4. The van der Waals surface area contributed by atoms with Crippen molar-refractivity contribution in [1.29, 1.82) is 0 Å². The number of hydrogen-bond donors (Lipinski definition) is 1. The molecule has 0 unspecified atom stereocenters. The second-order valence-electron chi connectivity index (χ2n) is 7.50. The zero-order valence-electron chi connectivity index (χ0n) is 16.4. The third-order valence-electron chi connectivity index (χ3n) is 5.47. The molecule has 1 fully saturated rings. The molecule has 4 rings (SSSR count). The SMILES string of the molecule is O=C(Nc1ccc2c(c1)OCC(=O)N2CCOc1ccccc1)C1CCCCC1. The van der Waals surface area contributed by atoms with Crippen molar-refractivity contribution < 1.29 is 19.1 Å². The molecule has 2 aliphatic rings. The van der Waals surface area contributed by atoms with Gasteiger partial charge in [-0.2, -0.15) is 0 Å². The zero-order chi connectivity index (χ0) is 20.1. The second-order valence-corrected chi connectivity index (χ2v) is 7.50. The lowest BCUT2D eigenvalue weighted by atomic mass is 9.88. The summed E-state index contributed by atoms with van der Waals surface area (Å²) in [5.74, 6) is 1.44. The summed E-state index contributed by atoms with van der Waals surface area (Å²) < 4.78 is 11.3. The van der Waals surface area contributed by atoms with E-state index in [0.717, 1.165) is 31.4 Å². The summed E-state index contributed by atoms with van der Waals surface area (Å²) >= 11 is 0. The van der Waals surface area contributed by atoms with Crippen LogP contribution in [0.4, 0.5) is 11.4 Å². The van der Waals surface area contributed by atoms with Crippen LogP contribution < -0.4 is 19.7 Å². The maximum Gasteiger partial charge on any atom is 0.265 e. The molecule has 152 valence electrons. The number of carbonyl (C=O) groups is 2. The minimum Gasteiger partial charge on any atom is -0.492 e. The lowest BCUT2D eigenvalue weighted by Crippen LogP contribution is -2.41. The van der Waals surface area contributed by atoms with Gasteiger partial charge in [-0.1, -0.05) is 37.5 Å². The van der Waals surface area contributed by atoms with Crippen molar-refractivity contribution in [2.45, 2.75) is 32.1 Å². The van der Waals surface area contributed by atoms with Gasteiger partial charge in [-0.25, -0.2) is 0 Å². The fraction of sp³-hybridized carbons (Fsp3) is 0.391. The number of ether oxygens (including phenoxy) is 2. The molecule has 6 heteroatoms. The van der Waals surface area contributed by atoms with Crippen molar-refractivity contribution in [2.24, 2.45) is 5.92 Å². The van der Waals surface area contributed by atoms with Crippen molar-refractivity contribution in [3.05, 3.63) is 48.5 Å². The Morgan fingerprint density at radius 3 is 2.69 bits per heavy atom. The lowest BCUT2D eigenvalue weighted by Gasteiger charge is -2.30. The average Bonchev–Trinajstić information content (AvgIpc) is 2.76. The van der Waals surface area contributed by atoms with Gasteiger partial charge in [0, 0.05) is 17.7 Å². The number of fused-ring (bicyclic) bond motifs is 1. The van der Waals surface area contributed by atoms with Crippen molar-refractivity contribution >= 4 is 23.2 Å². The van der Waals surface area contributed by atoms with E-state index in [1.165, 1.54) is 6.42 Å². The molecule has 29 heavy (non-hydrogen) atoms. The summed E-state index contributed by atoms with van der Waals surface area (Å²) in [6.45, 7) is 0.797. The minimum atomic E-state index is -0.104. The second kappa shape index (κ2) is 8.99. The van der Waals surface area contributed by atoms with Gasteiger partial charge in [-0.15, -0.1) is 0 Å². The third kappa shape index (κ3) is 4.70. The van der Waals surface area contributed by atoms with Crippen molar-refractivity contribution in [2.75, 3.05) is 30.0 Å². The van der Waals surface area contributed by atoms with Crippen LogP contribution in [0.5, 0.6) is 11.5 Å². The molecule has 0 spiro atoms. The molecule has 6 nitrogen and oxygen atoms in total. The van der Waals surface area contributed by atoms with Gasteiger partial charge < -0.3 is 19.7 Å². The fourth-order valence-corrected chi connectivity index (χ4v) is 3.91. The highest BCUT2D eigenvalue weighted by Crippen LogP contribution is 2.35. The van der Waals surface area contributed by atoms with Crippen molar-refractivity contribution in [3.8, 4) is 11.5 Å². The molecule has 0 saturated heterocycles. The van der Waals surface area contributed by atoms with Gasteiger partial charge in [0.1, 0.15) is 18.1 Å². The number of nitrogens with one attached hydrogen (secondary N) is 1. The number of benzene rings is 2. The molecule has 2 amide bonds. The highest BCUT2D eigenvalue weighted by molar-refractivity contribution is 5.99. The molecule has 2 aromatic carbocycles. The molecule has 1 saturated carbocycles. The summed E-state index contributed by atoms with van der Waals surface area (Å²) in [5, 5.41) is 3.01. The van der Waals surface area contributed by atoms with Crippen LogP contribution in [0, 0.1) is 5.92 Å². The Labute approximate surface area is 170 Å². The van der Waals surface area contributed by atoms with Crippen LogP contribution in [-0.4, -0.2) is 31.6 Å². The first-order chi connectivity index (χ1) is 14.2. The van der Waals surface area contributed by atoms with Crippen LogP contribution in [0.25, 0.3) is 0 Å². The van der Waals surface area contributed by atoms with Crippen molar-refractivity contribution in [1.82, 2.24) is 0 Å². The molecule has 0 atom stereocenters. The number of rotatable bonds is 6. The van der Waals surface area contributed by atoms with Gasteiger partial charge in [0.2, 0.25) is 5.91 Å². The molecule has 0 bridgehead atoms. The number of amides is 2. The first kappa shape index (κ1) is 19.3. The van der Waals surface area contributed by atoms with Gasteiger partial charge >= 0.3 is 0 Å². The molecule has 1 aliphatic carbocycles. The Morgan fingerprint density at radius 2 is 1.90 bits per heavy atom. The Kier molecular flexibility index (Phi) is 5.98. The fourth-order valence-electron chi connectivity index (χ4n) is 3.91. The van der Waals surface area contributed by atoms with Gasteiger partial charge in [0.15, 0.2) is 6.61 Å². The van der Waals surface area contributed by atoms with E-state index < -0.39 is 0 Å². The molecule has 2 aromatic rings. The Bertz CT molecular complexity index is 862. The highest BCUT2D eigenvalue weighted by atomic mass is 16.5. The molecule has 1 N–H and O–H groups in total. The van der Waals surface area contributed by atoms with E-state index in [9.17, 15) is 9.59 Å². The van der Waals surface area contributed by atoms with E-state index in [-0.39, 0.29) is 24.3 Å². The number of nitrogens with zero attached hydrogens (tertiary/aromatic N) is 1. The Hall–Kier alpha value is -3.02. The third-order valence-corrected chi connectivity index (χ3v) is 5.47. The number of para-hydroxylation sites is 1. The number of carbonyl (C=O) groups excluding carboxylic acids is 2. The summed E-state index contributed by atoms with van der Waals surface area (Å²) in [6.07, 6.45) is 5.36. The standard InChI is InChI=1S/C23H26N2O4/c26-22-16-29-21-15-18(24-23(27)17-7-3-1-4-8-17)11-12-20(21)25(22)13-14-28-19-9-5-2-6-10-19/h2,5-6,9-12,15,17H,1,3-4,7-8,13-14,16H2,(H,24,27). The topological polar surface area (TPSA) is 67.9 Å². The van der Waals surface area contributed by atoms with E-state index in [4.69, 9.17) is 9.47 Å². The van der Waals surface area contributed by atoms with E-state index in [2.05, 4.69) is 5.32 Å². The Balaban J connectivity index is 1.40. The largest absolute Gasteiger partial charge is 0.492 e. The van der Waals surface area contributed by atoms with Gasteiger partial charge in [-0.05, 0) is 37.1 Å². The summed E-state index contributed by atoms with van der Waals surface area (Å²) in [7, 11) is 0. The van der Waals surface area contributed by atoms with Crippen LogP contribution in [-0.2, 0) is 9.59 Å². The monoisotopic (exact) mass is 394 g/mol. The maximum atomic E-state index is 12.5. The predicted molar refractivity (Wildman–Crippen MR) is 111 cm³/mol. The number of hydrogen-bond acceptors (Lipinski definition) is 4. The maximum absolute atomic E-state index is 12.5. The molecular formula is C23H26N2O4. The van der Waals surface area contributed by atoms with Crippen LogP contribution in [0.2, 0.25) is 0 Å². The first-order valence-corrected chi connectivity index (χ1v) is 10.3. The van der Waals surface area contributed by atoms with Crippen LogP contribution >= 0.6 is 0 Å². The van der Waals surface area contributed by atoms with E-state index in [0.29, 0.717) is 30.3 Å². The molecular weight excluding hydrogens is 368 g/mol. The molecule has 0 radical (unpaired) electrons. The lowest BCUT2D eigenvalue weighted by molar-refractivity contribution is -0.122. The summed E-state index contributed by atoms with van der Waals surface area (Å²) in [5.41, 5.74) is 1.41. The van der Waals surface area contributed by atoms with Crippen LogP contribution in [0.1, 0.15) is 32.1 Å². The highest BCUT2D eigenvalue weighted by Gasteiger charge is 2.26.